The SMILES string of the molecule is CCCNc1ncnc(-c2cc(F)ccc2C)c1C. The van der Waals surface area contributed by atoms with Crippen LogP contribution in [-0.2, 0) is 0 Å². The van der Waals surface area contributed by atoms with Crippen LogP contribution in [0.2, 0.25) is 0 Å². The largest absolute Gasteiger partial charge is 0.370 e. The van der Waals surface area contributed by atoms with Crippen molar-refractivity contribution in [1.29, 1.82) is 0 Å². The van der Waals surface area contributed by atoms with Gasteiger partial charge in [0.1, 0.15) is 18.0 Å². The zero-order chi connectivity index (χ0) is 13.8. The van der Waals surface area contributed by atoms with Crippen molar-refractivity contribution in [2.75, 3.05) is 11.9 Å². The fourth-order valence-electron chi connectivity index (χ4n) is 1.99. The quantitative estimate of drug-likeness (QED) is 0.909. The molecule has 100 valence electrons. The van der Waals surface area contributed by atoms with Crippen LogP contribution < -0.4 is 5.32 Å². The van der Waals surface area contributed by atoms with E-state index in [-0.39, 0.29) is 5.82 Å². The topological polar surface area (TPSA) is 37.8 Å². The summed E-state index contributed by atoms with van der Waals surface area (Å²) >= 11 is 0. The number of anilines is 1. The minimum Gasteiger partial charge on any atom is -0.370 e. The summed E-state index contributed by atoms with van der Waals surface area (Å²) in [5.74, 6) is 0.567. The van der Waals surface area contributed by atoms with Gasteiger partial charge in [0.25, 0.3) is 0 Å². The summed E-state index contributed by atoms with van der Waals surface area (Å²) in [4.78, 5) is 8.54. The maximum atomic E-state index is 13.4. The first-order valence-electron chi connectivity index (χ1n) is 6.45. The highest BCUT2D eigenvalue weighted by molar-refractivity contribution is 5.70. The van der Waals surface area contributed by atoms with Gasteiger partial charge in [-0.05, 0) is 38.0 Å². The lowest BCUT2D eigenvalue weighted by Crippen LogP contribution is -2.06. The lowest BCUT2D eigenvalue weighted by atomic mass is 10.0. The van der Waals surface area contributed by atoms with Gasteiger partial charge in [0.2, 0.25) is 0 Å². The van der Waals surface area contributed by atoms with Crippen LogP contribution in [0.25, 0.3) is 11.3 Å². The van der Waals surface area contributed by atoms with Crippen molar-refractivity contribution in [2.45, 2.75) is 27.2 Å². The molecule has 0 atom stereocenters. The first-order chi connectivity index (χ1) is 9.13. The first kappa shape index (κ1) is 13.5. The van der Waals surface area contributed by atoms with Crippen LogP contribution in [0.5, 0.6) is 0 Å². The van der Waals surface area contributed by atoms with Crippen LogP contribution in [0.3, 0.4) is 0 Å². The number of hydrogen-bond donors (Lipinski definition) is 1. The standard InChI is InChI=1S/C15H18FN3/c1-4-7-17-15-11(3)14(18-9-19-15)13-8-12(16)6-5-10(13)2/h5-6,8-9H,4,7H2,1-3H3,(H,17,18,19). The summed E-state index contributed by atoms with van der Waals surface area (Å²) in [6, 6.07) is 4.76. The third-order valence-electron chi connectivity index (χ3n) is 3.08. The molecule has 0 radical (unpaired) electrons. The zero-order valence-electron chi connectivity index (χ0n) is 11.5. The van der Waals surface area contributed by atoms with E-state index in [0.29, 0.717) is 0 Å². The van der Waals surface area contributed by atoms with Crippen LogP contribution in [0.4, 0.5) is 10.2 Å². The number of benzene rings is 1. The molecule has 0 aliphatic rings. The van der Waals surface area contributed by atoms with Gasteiger partial charge in [-0.2, -0.15) is 0 Å². The average Bonchev–Trinajstić information content (AvgIpc) is 2.41. The van der Waals surface area contributed by atoms with Crippen molar-refractivity contribution >= 4 is 5.82 Å². The smallest absolute Gasteiger partial charge is 0.132 e. The van der Waals surface area contributed by atoms with E-state index in [2.05, 4.69) is 22.2 Å². The fraction of sp³-hybridized carbons (Fsp3) is 0.333. The molecule has 0 bridgehead atoms. The van der Waals surface area contributed by atoms with Crippen LogP contribution in [0, 0.1) is 19.7 Å². The Balaban J connectivity index is 2.47. The summed E-state index contributed by atoms with van der Waals surface area (Å²) in [5, 5.41) is 3.26. The van der Waals surface area contributed by atoms with E-state index in [0.717, 1.165) is 41.2 Å². The van der Waals surface area contributed by atoms with Gasteiger partial charge in [-0.25, -0.2) is 14.4 Å². The molecule has 0 aliphatic heterocycles. The van der Waals surface area contributed by atoms with Gasteiger partial charge in [-0.1, -0.05) is 13.0 Å². The highest BCUT2D eigenvalue weighted by Crippen LogP contribution is 2.27. The third-order valence-corrected chi connectivity index (χ3v) is 3.08. The lowest BCUT2D eigenvalue weighted by molar-refractivity contribution is 0.628. The molecule has 0 aliphatic carbocycles. The third kappa shape index (κ3) is 2.89. The second-order valence-electron chi connectivity index (χ2n) is 4.58. The highest BCUT2D eigenvalue weighted by Gasteiger charge is 2.11. The fourth-order valence-corrected chi connectivity index (χ4v) is 1.99. The number of aromatic nitrogens is 2. The van der Waals surface area contributed by atoms with Crippen LogP contribution in [0.15, 0.2) is 24.5 Å². The lowest BCUT2D eigenvalue weighted by Gasteiger charge is -2.12. The van der Waals surface area contributed by atoms with Crippen molar-refractivity contribution in [3.8, 4) is 11.3 Å². The number of halogens is 1. The molecular formula is C15H18FN3. The second-order valence-corrected chi connectivity index (χ2v) is 4.58. The summed E-state index contributed by atoms with van der Waals surface area (Å²) < 4.78 is 13.4. The van der Waals surface area contributed by atoms with Crippen molar-refractivity contribution < 1.29 is 4.39 Å². The molecule has 2 rings (SSSR count). The molecule has 3 nitrogen and oxygen atoms in total. The Labute approximate surface area is 112 Å². The first-order valence-corrected chi connectivity index (χ1v) is 6.45. The Morgan fingerprint density at radius 1 is 1.21 bits per heavy atom. The number of nitrogens with one attached hydrogen (secondary N) is 1. The van der Waals surface area contributed by atoms with Crippen molar-refractivity contribution in [3.05, 3.63) is 41.5 Å². The Morgan fingerprint density at radius 2 is 2.00 bits per heavy atom. The van der Waals surface area contributed by atoms with Crippen LogP contribution in [-0.4, -0.2) is 16.5 Å². The number of nitrogens with zero attached hydrogens (tertiary/aromatic N) is 2. The van der Waals surface area contributed by atoms with E-state index in [1.807, 2.05) is 13.8 Å². The highest BCUT2D eigenvalue weighted by atomic mass is 19.1. The number of aryl methyl sites for hydroxylation is 1. The maximum absolute atomic E-state index is 13.4. The molecule has 0 amide bonds. The summed E-state index contributed by atoms with van der Waals surface area (Å²) in [5.41, 5.74) is 3.55. The normalized spacial score (nSPS) is 10.5. The molecule has 19 heavy (non-hydrogen) atoms. The van der Waals surface area contributed by atoms with Crippen LogP contribution in [0.1, 0.15) is 24.5 Å². The predicted molar refractivity (Wildman–Crippen MR) is 75.7 cm³/mol. The molecule has 2 aromatic rings. The molecule has 0 unspecified atom stereocenters. The molecule has 1 heterocycles. The molecule has 0 saturated heterocycles. The molecular weight excluding hydrogens is 241 g/mol. The van der Waals surface area contributed by atoms with Crippen molar-refractivity contribution in [2.24, 2.45) is 0 Å². The van der Waals surface area contributed by atoms with E-state index >= 15 is 0 Å². The van der Waals surface area contributed by atoms with E-state index < -0.39 is 0 Å². The molecule has 1 aromatic heterocycles. The van der Waals surface area contributed by atoms with E-state index in [9.17, 15) is 4.39 Å². The summed E-state index contributed by atoms with van der Waals surface area (Å²) in [6.07, 6.45) is 2.54. The Kier molecular flexibility index (Phi) is 4.10. The van der Waals surface area contributed by atoms with Crippen LogP contribution >= 0.6 is 0 Å². The van der Waals surface area contributed by atoms with Gasteiger partial charge >= 0.3 is 0 Å². The minimum absolute atomic E-state index is 0.248. The Morgan fingerprint density at radius 3 is 2.74 bits per heavy atom. The summed E-state index contributed by atoms with van der Waals surface area (Å²) in [6.45, 7) is 6.87. The van der Waals surface area contributed by atoms with Gasteiger partial charge in [0.05, 0.1) is 5.69 Å². The molecule has 0 fully saturated rings. The maximum Gasteiger partial charge on any atom is 0.132 e. The zero-order valence-corrected chi connectivity index (χ0v) is 11.5. The average molecular weight is 259 g/mol. The number of hydrogen-bond acceptors (Lipinski definition) is 3. The molecule has 1 aromatic carbocycles. The van der Waals surface area contributed by atoms with E-state index in [4.69, 9.17) is 0 Å². The Bertz CT molecular complexity index is 582. The minimum atomic E-state index is -0.248. The van der Waals surface area contributed by atoms with E-state index in [1.54, 1.807) is 6.07 Å². The van der Waals surface area contributed by atoms with Gasteiger partial charge in [0.15, 0.2) is 0 Å². The van der Waals surface area contributed by atoms with Crippen molar-refractivity contribution in [1.82, 2.24) is 9.97 Å². The van der Waals surface area contributed by atoms with Gasteiger partial charge in [0, 0.05) is 17.7 Å². The molecule has 4 heteroatoms. The van der Waals surface area contributed by atoms with E-state index in [1.165, 1.54) is 18.5 Å². The molecule has 0 spiro atoms. The van der Waals surface area contributed by atoms with Crippen molar-refractivity contribution in [3.63, 3.8) is 0 Å². The Hall–Kier alpha value is -1.97. The molecule has 0 saturated carbocycles. The van der Waals surface area contributed by atoms with Gasteiger partial charge in [-0.15, -0.1) is 0 Å². The second kappa shape index (κ2) is 5.78. The number of rotatable bonds is 4. The molecule has 1 N–H and O–H groups in total. The monoisotopic (exact) mass is 259 g/mol. The van der Waals surface area contributed by atoms with Gasteiger partial charge in [-0.3, -0.25) is 0 Å². The summed E-state index contributed by atoms with van der Waals surface area (Å²) in [7, 11) is 0. The predicted octanol–water partition coefficient (Wildman–Crippen LogP) is 3.72. The van der Waals surface area contributed by atoms with Gasteiger partial charge < -0.3 is 5.32 Å².